The van der Waals surface area contributed by atoms with E-state index in [-0.39, 0.29) is 0 Å². The normalized spacial score (nSPS) is 13.8. The third-order valence-electron chi connectivity index (χ3n) is 3.82. The fourth-order valence-electron chi connectivity index (χ4n) is 2.40. The molecular weight excluding hydrogens is 520 g/mol. The second-order valence-electron chi connectivity index (χ2n) is 6.21. The summed E-state index contributed by atoms with van der Waals surface area (Å²) in [5.74, 6) is 0. The first-order valence-corrected chi connectivity index (χ1v) is 15.7. The summed E-state index contributed by atoms with van der Waals surface area (Å²) >= 11 is 0. The van der Waals surface area contributed by atoms with Crippen LogP contribution < -0.4 is 0 Å². The molecule has 0 fully saturated rings. The largest absolute Gasteiger partial charge is 0.295 e. The van der Waals surface area contributed by atoms with E-state index in [0.717, 1.165) is 0 Å². The van der Waals surface area contributed by atoms with E-state index in [4.69, 9.17) is 0 Å². The van der Waals surface area contributed by atoms with Crippen molar-refractivity contribution in [2.75, 3.05) is 12.5 Å². The van der Waals surface area contributed by atoms with Crippen molar-refractivity contribution in [3.05, 3.63) is 36.4 Å². The molecule has 12 nitrogen and oxygen atoms in total. The van der Waals surface area contributed by atoms with Gasteiger partial charge in [0.1, 0.15) is 9.79 Å². The van der Waals surface area contributed by atoms with E-state index in [1.165, 1.54) is 0 Å². The lowest BCUT2D eigenvalue weighted by Crippen LogP contribution is -2.15. The third-order valence-corrected chi connectivity index (χ3v) is 9.96. The van der Waals surface area contributed by atoms with Gasteiger partial charge in [-0.2, -0.15) is 16.8 Å². The third kappa shape index (κ3) is 5.30. The number of hydrogen-bond acceptors (Lipinski definition) is 10. The predicted molar refractivity (Wildman–Crippen MR) is 104 cm³/mol. The molecule has 0 aliphatic heterocycles. The topological polar surface area (TPSA) is 211 Å². The van der Waals surface area contributed by atoms with Gasteiger partial charge in [0.25, 0.3) is 20.2 Å². The summed E-state index contributed by atoms with van der Waals surface area (Å²) in [7, 11) is -23.9. The molecule has 0 bridgehead atoms. The average Bonchev–Trinajstić information content (AvgIpc) is 2.57. The first-order valence-electron chi connectivity index (χ1n) is 7.55. The van der Waals surface area contributed by atoms with Crippen molar-refractivity contribution in [3.63, 3.8) is 0 Å². The molecule has 2 N–H and O–H groups in total. The highest BCUT2D eigenvalue weighted by molar-refractivity contribution is 7.94. The molecule has 2 rings (SSSR count). The minimum absolute atomic E-state index is 0.357. The molecule has 0 aliphatic carbocycles. The van der Waals surface area contributed by atoms with E-state index in [0.29, 0.717) is 48.9 Å². The molecule has 2 aromatic rings. The van der Waals surface area contributed by atoms with Crippen molar-refractivity contribution in [1.82, 2.24) is 0 Å². The second-order valence-corrected chi connectivity index (χ2v) is 14.9. The lowest BCUT2D eigenvalue weighted by Gasteiger charge is -2.13. The van der Waals surface area contributed by atoms with Crippen LogP contribution >= 0.6 is 0 Å². The molecule has 31 heavy (non-hydrogen) atoms. The number of benzene rings is 2. The molecule has 0 amide bonds. The van der Waals surface area contributed by atoms with Gasteiger partial charge in [0.05, 0.1) is 19.6 Å². The van der Waals surface area contributed by atoms with Crippen molar-refractivity contribution < 1.29 is 51.2 Å². The molecule has 0 saturated carbocycles. The summed E-state index contributed by atoms with van der Waals surface area (Å²) in [5.41, 5.74) is 0. The molecule has 172 valence electrons. The molecule has 0 saturated heterocycles. The summed E-state index contributed by atoms with van der Waals surface area (Å²) in [6.07, 6.45) is 1.37. The van der Waals surface area contributed by atoms with Crippen LogP contribution in [0.25, 0.3) is 0 Å². The Morgan fingerprint density at radius 3 is 1.03 bits per heavy atom. The van der Waals surface area contributed by atoms with E-state index >= 15 is 0 Å². The van der Waals surface area contributed by atoms with Crippen LogP contribution in [0.15, 0.2) is 65.8 Å². The summed E-state index contributed by atoms with van der Waals surface area (Å²) in [6, 6.07) is 3.13. The number of hydrogen-bond donors (Lipinski definition) is 2. The van der Waals surface area contributed by atoms with Gasteiger partial charge in [-0.25, -0.2) is 25.3 Å². The van der Waals surface area contributed by atoms with Crippen LogP contribution in [0.2, 0.25) is 0 Å². The molecule has 0 spiro atoms. The van der Waals surface area contributed by atoms with E-state index in [1.807, 2.05) is 0 Å². The van der Waals surface area contributed by atoms with Gasteiger partial charge in [-0.15, -0.1) is 0 Å². The van der Waals surface area contributed by atoms with Crippen molar-refractivity contribution in [1.29, 1.82) is 0 Å². The first kappa shape index (κ1) is 25.4. The number of sulfone groups is 3. The van der Waals surface area contributed by atoms with E-state index in [2.05, 4.69) is 0 Å². The van der Waals surface area contributed by atoms with Gasteiger partial charge >= 0.3 is 0 Å². The Hall–Kier alpha value is -1.89. The Kier molecular flexibility index (Phi) is 6.23. The van der Waals surface area contributed by atoms with Crippen LogP contribution in [-0.2, 0) is 49.7 Å². The second kappa shape index (κ2) is 7.61. The summed E-state index contributed by atoms with van der Waals surface area (Å²) < 4.78 is 138. The van der Waals surface area contributed by atoms with Gasteiger partial charge in [0.15, 0.2) is 19.7 Å². The van der Waals surface area contributed by atoms with Crippen molar-refractivity contribution in [2.45, 2.75) is 29.4 Å². The Balaban J connectivity index is 3.01. The standard InChI is InChI=1S/C14H14O12S5/c1-27(15,16)9-3-5-11(13(7-9)30(21,22)23)29(19,20)12-6-4-10(28(2,17)18)8-14(12)31(24,25)26/h3-8H,1-2H3,(H,21,22,23)(H,24,25,26). The molecule has 0 heterocycles. The summed E-state index contributed by atoms with van der Waals surface area (Å²) in [4.78, 5) is -6.49. The lowest BCUT2D eigenvalue weighted by molar-refractivity contribution is 0.479. The van der Waals surface area contributed by atoms with Crippen molar-refractivity contribution in [2.24, 2.45) is 0 Å². The molecule has 17 heteroatoms. The monoisotopic (exact) mass is 534 g/mol. The van der Waals surface area contributed by atoms with Crippen molar-refractivity contribution in [3.8, 4) is 0 Å². The zero-order chi connectivity index (χ0) is 24.2. The zero-order valence-electron chi connectivity index (χ0n) is 15.5. The Morgan fingerprint density at radius 2 is 0.806 bits per heavy atom. The quantitative estimate of drug-likeness (QED) is 0.462. The lowest BCUT2D eigenvalue weighted by atomic mass is 10.3. The smallest absolute Gasteiger partial charge is 0.282 e. The molecule has 0 atom stereocenters. The Labute approximate surface area is 178 Å². The van der Waals surface area contributed by atoms with Crippen molar-refractivity contribution >= 4 is 49.7 Å². The van der Waals surface area contributed by atoms with Crippen LogP contribution in [0.4, 0.5) is 0 Å². The van der Waals surface area contributed by atoms with Crippen LogP contribution in [0.1, 0.15) is 0 Å². The highest BCUT2D eigenvalue weighted by Crippen LogP contribution is 2.33. The minimum atomic E-state index is -5.34. The molecule has 0 aliphatic rings. The summed E-state index contributed by atoms with van der Waals surface area (Å²) in [5, 5.41) is 0. The highest BCUT2D eigenvalue weighted by atomic mass is 32.2. The highest BCUT2D eigenvalue weighted by Gasteiger charge is 2.33. The SMILES string of the molecule is CS(=O)(=O)c1ccc(S(=O)(=O)c2ccc(S(C)(=O)=O)cc2S(=O)(=O)O)c(S(=O)(=O)O)c1. The van der Waals surface area contributed by atoms with E-state index < -0.39 is 79.1 Å². The van der Waals surface area contributed by atoms with E-state index in [1.54, 1.807) is 0 Å². The summed E-state index contributed by atoms with van der Waals surface area (Å²) in [6.45, 7) is 0. The van der Waals surface area contributed by atoms with Gasteiger partial charge in [0.2, 0.25) is 9.84 Å². The van der Waals surface area contributed by atoms with Crippen LogP contribution in [0.5, 0.6) is 0 Å². The first-order chi connectivity index (χ1) is 13.7. The predicted octanol–water partition coefficient (Wildman–Crippen LogP) is -0.180. The maximum atomic E-state index is 13.0. The molecule has 0 unspecified atom stereocenters. The van der Waals surface area contributed by atoms with Gasteiger partial charge < -0.3 is 0 Å². The van der Waals surface area contributed by atoms with Crippen LogP contribution in [0, 0.1) is 0 Å². The van der Waals surface area contributed by atoms with Crippen LogP contribution in [-0.4, -0.2) is 63.7 Å². The van der Waals surface area contributed by atoms with Gasteiger partial charge in [-0.05, 0) is 36.4 Å². The minimum Gasteiger partial charge on any atom is -0.282 e. The molecule has 0 aromatic heterocycles. The van der Waals surface area contributed by atoms with Gasteiger partial charge in [-0.3, -0.25) is 9.11 Å². The fourth-order valence-corrected chi connectivity index (χ4v) is 7.71. The fraction of sp³-hybridized carbons (Fsp3) is 0.143. The zero-order valence-corrected chi connectivity index (χ0v) is 19.6. The van der Waals surface area contributed by atoms with Gasteiger partial charge in [0, 0.05) is 12.5 Å². The Bertz CT molecular complexity index is 1500. The molecular formula is C14H14O12S5. The average molecular weight is 535 g/mol. The molecule has 0 radical (unpaired) electrons. The Morgan fingerprint density at radius 1 is 0.516 bits per heavy atom. The van der Waals surface area contributed by atoms with Gasteiger partial charge in [-0.1, -0.05) is 0 Å². The van der Waals surface area contributed by atoms with Crippen LogP contribution in [0.3, 0.4) is 0 Å². The van der Waals surface area contributed by atoms with E-state index in [9.17, 15) is 51.2 Å². The maximum Gasteiger partial charge on any atom is 0.295 e. The molecule has 2 aromatic carbocycles. The number of rotatable bonds is 6. The maximum absolute atomic E-state index is 13.0.